The van der Waals surface area contributed by atoms with Gasteiger partial charge in [0.2, 0.25) is 0 Å². The summed E-state index contributed by atoms with van der Waals surface area (Å²) in [7, 11) is 0. The van der Waals surface area contributed by atoms with Crippen molar-refractivity contribution in [3.63, 3.8) is 0 Å². The summed E-state index contributed by atoms with van der Waals surface area (Å²) in [5.41, 5.74) is 1.10. The molecule has 3 nitrogen and oxygen atoms in total. The van der Waals surface area contributed by atoms with E-state index in [1.165, 1.54) is 12.8 Å². The maximum atomic E-state index is 11.4. The van der Waals surface area contributed by atoms with Crippen LogP contribution in [-0.4, -0.2) is 35.1 Å². The number of likely N-dealkylation sites (tertiary alicyclic amines) is 1. The average molecular weight is 247 g/mol. The molecular formula is C15H21NO2. The van der Waals surface area contributed by atoms with Gasteiger partial charge in [-0.1, -0.05) is 43.7 Å². The first-order chi connectivity index (χ1) is 8.70. The molecule has 0 aliphatic carbocycles. The van der Waals surface area contributed by atoms with E-state index < -0.39 is 5.97 Å². The Labute approximate surface area is 108 Å². The van der Waals surface area contributed by atoms with Gasteiger partial charge in [0.05, 0.1) is 0 Å². The van der Waals surface area contributed by atoms with Crippen LogP contribution in [0.5, 0.6) is 0 Å². The van der Waals surface area contributed by atoms with Gasteiger partial charge in [-0.25, -0.2) is 0 Å². The molecule has 0 amide bonds. The van der Waals surface area contributed by atoms with Crippen molar-refractivity contribution < 1.29 is 9.90 Å². The van der Waals surface area contributed by atoms with Gasteiger partial charge in [0.25, 0.3) is 0 Å². The standard InChI is InChI=1S/C15H21NO2/c1-2-6-13-10-16(11-13)14(15(17)18)9-12-7-4-3-5-8-12/h3-5,7-8,13-14H,2,6,9-11H2,1H3,(H,17,18). The van der Waals surface area contributed by atoms with Crippen LogP contribution in [0.4, 0.5) is 0 Å². The Morgan fingerprint density at radius 1 is 1.39 bits per heavy atom. The molecule has 0 saturated carbocycles. The van der Waals surface area contributed by atoms with Crippen molar-refractivity contribution in [1.29, 1.82) is 0 Å². The second-order valence-electron chi connectivity index (χ2n) is 5.15. The Kier molecular flexibility index (Phi) is 4.37. The molecule has 1 saturated heterocycles. The fourth-order valence-corrected chi connectivity index (χ4v) is 2.67. The number of hydrogen-bond acceptors (Lipinski definition) is 2. The van der Waals surface area contributed by atoms with Crippen LogP contribution in [0.2, 0.25) is 0 Å². The summed E-state index contributed by atoms with van der Waals surface area (Å²) in [6.07, 6.45) is 3.01. The summed E-state index contributed by atoms with van der Waals surface area (Å²) < 4.78 is 0. The molecule has 1 heterocycles. The molecule has 1 atom stereocenters. The fourth-order valence-electron chi connectivity index (χ4n) is 2.67. The zero-order valence-electron chi connectivity index (χ0n) is 10.9. The first-order valence-corrected chi connectivity index (χ1v) is 6.71. The first-order valence-electron chi connectivity index (χ1n) is 6.71. The predicted octanol–water partition coefficient (Wildman–Crippen LogP) is 2.41. The van der Waals surface area contributed by atoms with E-state index in [4.69, 9.17) is 0 Å². The van der Waals surface area contributed by atoms with Crippen LogP contribution in [0.3, 0.4) is 0 Å². The molecule has 1 aliphatic heterocycles. The Balaban J connectivity index is 1.92. The molecule has 2 rings (SSSR count). The second-order valence-corrected chi connectivity index (χ2v) is 5.15. The molecule has 1 unspecified atom stereocenters. The van der Waals surface area contributed by atoms with Gasteiger partial charge < -0.3 is 5.11 Å². The first kappa shape index (κ1) is 13.1. The number of hydrogen-bond donors (Lipinski definition) is 1. The lowest BCUT2D eigenvalue weighted by Gasteiger charge is -2.42. The van der Waals surface area contributed by atoms with Crippen LogP contribution in [-0.2, 0) is 11.2 Å². The third-order valence-corrected chi connectivity index (χ3v) is 3.68. The molecular weight excluding hydrogens is 226 g/mol. The highest BCUT2D eigenvalue weighted by molar-refractivity contribution is 5.74. The van der Waals surface area contributed by atoms with Crippen molar-refractivity contribution in [1.82, 2.24) is 4.90 Å². The third-order valence-electron chi connectivity index (χ3n) is 3.68. The van der Waals surface area contributed by atoms with Gasteiger partial charge in [-0.15, -0.1) is 0 Å². The lowest BCUT2D eigenvalue weighted by molar-refractivity contribution is -0.146. The zero-order valence-corrected chi connectivity index (χ0v) is 10.9. The highest BCUT2D eigenvalue weighted by Crippen LogP contribution is 2.24. The van der Waals surface area contributed by atoms with Gasteiger partial charge in [-0.05, 0) is 24.3 Å². The SMILES string of the molecule is CCCC1CN(C(Cc2ccccc2)C(=O)O)C1. The van der Waals surface area contributed by atoms with E-state index in [1.807, 2.05) is 30.3 Å². The molecule has 0 spiro atoms. The molecule has 1 aromatic carbocycles. The maximum Gasteiger partial charge on any atom is 0.321 e. The minimum absolute atomic E-state index is 0.361. The molecule has 98 valence electrons. The van der Waals surface area contributed by atoms with E-state index in [2.05, 4.69) is 11.8 Å². The summed E-state index contributed by atoms with van der Waals surface area (Å²) in [4.78, 5) is 13.5. The summed E-state index contributed by atoms with van der Waals surface area (Å²) in [6.45, 7) is 4.07. The summed E-state index contributed by atoms with van der Waals surface area (Å²) in [5, 5.41) is 9.34. The van der Waals surface area contributed by atoms with E-state index >= 15 is 0 Å². The van der Waals surface area contributed by atoms with Crippen molar-refractivity contribution in [2.75, 3.05) is 13.1 Å². The fraction of sp³-hybridized carbons (Fsp3) is 0.533. The Hall–Kier alpha value is -1.35. The van der Waals surface area contributed by atoms with E-state index in [1.54, 1.807) is 0 Å². The van der Waals surface area contributed by atoms with Crippen molar-refractivity contribution >= 4 is 5.97 Å². The molecule has 18 heavy (non-hydrogen) atoms. The van der Waals surface area contributed by atoms with E-state index in [0.29, 0.717) is 12.3 Å². The summed E-state index contributed by atoms with van der Waals surface area (Å²) in [6, 6.07) is 9.52. The van der Waals surface area contributed by atoms with Crippen molar-refractivity contribution in [3.8, 4) is 0 Å². The minimum atomic E-state index is -0.700. The van der Waals surface area contributed by atoms with Gasteiger partial charge in [-0.3, -0.25) is 9.69 Å². The highest BCUT2D eigenvalue weighted by Gasteiger charge is 2.35. The van der Waals surface area contributed by atoms with Gasteiger partial charge in [0, 0.05) is 13.1 Å². The topological polar surface area (TPSA) is 40.5 Å². The lowest BCUT2D eigenvalue weighted by atomic mass is 9.91. The molecule has 0 bridgehead atoms. The largest absolute Gasteiger partial charge is 0.480 e. The number of carboxylic acid groups (broad SMARTS) is 1. The Morgan fingerprint density at radius 2 is 2.06 bits per heavy atom. The molecule has 0 aromatic heterocycles. The smallest absolute Gasteiger partial charge is 0.321 e. The number of benzene rings is 1. The van der Waals surface area contributed by atoms with Crippen molar-refractivity contribution in [2.24, 2.45) is 5.92 Å². The molecule has 0 radical (unpaired) electrons. The number of carboxylic acids is 1. The summed E-state index contributed by atoms with van der Waals surface area (Å²) >= 11 is 0. The number of nitrogens with zero attached hydrogens (tertiary/aromatic N) is 1. The van der Waals surface area contributed by atoms with Crippen LogP contribution < -0.4 is 0 Å². The van der Waals surface area contributed by atoms with Crippen molar-refractivity contribution in [2.45, 2.75) is 32.2 Å². The predicted molar refractivity (Wildman–Crippen MR) is 71.5 cm³/mol. The van der Waals surface area contributed by atoms with E-state index in [-0.39, 0.29) is 6.04 Å². The minimum Gasteiger partial charge on any atom is -0.480 e. The van der Waals surface area contributed by atoms with Crippen LogP contribution >= 0.6 is 0 Å². The Morgan fingerprint density at radius 3 is 2.61 bits per heavy atom. The van der Waals surface area contributed by atoms with Gasteiger partial charge in [0.15, 0.2) is 0 Å². The highest BCUT2D eigenvalue weighted by atomic mass is 16.4. The number of rotatable bonds is 6. The monoisotopic (exact) mass is 247 g/mol. The number of aliphatic carboxylic acids is 1. The molecule has 3 heteroatoms. The van der Waals surface area contributed by atoms with E-state index in [9.17, 15) is 9.90 Å². The lowest BCUT2D eigenvalue weighted by Crippen LogP contribution is -2.55. The molecule has 1 aliphatic rings. The average Bonchev–Trinajstić information content (AvgIpc) is 2.32. The normalized spacial score (nSPS) is 18.3. The van der Waals surface area contributed by atoms with Gasteiger partial charge in [0.1, 0.15) is 6.04 Å². The quantitative estimate of drug-likeness (QED) is 0.839. The zero-order chi connectivity index (χ0) is 13.0. The van der Waals surface area contributed by atoms with Gasteiger partial charge in [-0.2, -0.15) is 0 Å². The van der Waals surface area contributed by atoms with Crippen LogP contribution in [0, 0.1) is 5.92 Å². The maximum absolute atomic E-state index is 11.4. The third kappa shape index (κ3) is 3.10. The molecule has 1 fully saturated rings. The van der Waals surface area contributed by atoms with Crippen LogP contribution in [0.25, 0.3) is 0 Å². The molecule has 1 N–H and O–H groups in total. The number of carbonyl (C=O) groups is 1. The van der Waals surface area contributed by atoms with Crippen molar-refractivity contribution in [3.05, 3.63) is 35.9 Å². The molecule has 1 aromatic rings. The summed E-state index contributed by atoms with van der Waals surface area (Å²) in [5.74, 6) is 0.00132. The van der Waals surface area contributed by atoms with Crippen LogP contribution in [0.15, 0.2) is 30.3 Å². The van der Waals surface area contributed by atoms with E-state index in [0.717, 1.165) is 18.7 Å². The van der Waals surface area contributed by atoms with Crippen LogP contribution in [0.1, 0.15) is 25.3 Å². The second kappa shape index (κ2) is 6.01. The Bertz CT molecular complexity index is 385. The van der Waals surface area contributed by atoms with Gasteiger partial charge >= 0.3 is 5.97 Å².